The molecule has 0 spiro atoms. The van der Waals surface area contributed by atoms with E-state index in [1.807, 2.05) is 11.6 Å². The largest absolute Gasteiger partial charge is 0.294 e. The molecule has 0 fully saturated rings. The molecule has 3 nitrogen and oxygen atoms in total. The second-order valence-electron chi connectivity index (χ2n) is 4.49. The van der Waals surface area contributed by atoms with Crippen LogP contribution in [0.1, 0.15) is 35.6 Å². The van der Waals surface area contributed by atoms with Gasteiger partial charge >= 0.3 is 0 Å². The maximum absolute atomic E-state index is 12.4. The molecule has 1 aromatic carbocycles. The average molecular weight is 356 g/mol. The SMILES string of the molecule is CCc1nn(CC)c(CC(=O)c2cccc(Cl)c2)c1Br. The number of hydrogen-bond acceptors (Lipinski definition) is 2. The molecule has 0 aliphatic rings. The average Bonchev–Trinajstić information content (AvgIpc) is 2.75. The fourth-order valence-electron chi connectivity index (χ4n) is 2.10. The van der Waals surface area contributed by atoms with Gasteiger partial charge in [0.1, 0.15) is 0 Å². The highest BCUT2D eigenvalue weighted by atomic mass is 79.9. The molecule has 1 aromatic heterocycles. The summed E-state index contributed by atoms with van der Waals surface area (Å²) in [6.45, 7) is 4.82. The van der Waals surface area contributed by atoms with Gasteiger partial charge in [-0.25, -0.2) is 0 Å². The Morgan fingerprint density at radius 3 is 2.75 bits per heavy atom. The van der Waals surface area contributed by atoms with Crippen LogP contribution in [0, 0.1) is 0 Å². The minimum absolute atomic E-state index is 0.0467. The van der Waals surface area contributed by atoms with E-state index in [2.05, 4.69) is 28.0 Å². The Balaban J connectivity index is 2.30. The van der Waals surface area contributed by atoms with Crippen molar-refractivity contribution < 1.29 is 4.79 Å². The van der Waals surface area contributed by atoms with Gasteiger partial charge < -0.3 is 0 Å². The van der Waals surface area contributed by atoms with Gasteiger partial charge in [-0.1, -0.05) is 30.7 Å². The van der Waals surface area contributed by atoms with Crippen LogP contribution in [-0.2, 0) is 19.4 Å². The summed E-state index contributed by atoms with van der Waals surface area (Å²) >= 11 is 9.49. The van der Waals surface area contributed by atoms with Crippen molar-refractivity contribution in [2.75, 3.05) is 0 Å². The highest BCUT2D eigenvalue weighted by Crippen LogP contribution is 2.24. The number of hydrogen-bond donors (Lipinski definition) is 0. The minimum Gasteiger partial charge on any atom is -0.294 e. The summed E-state index contributed by atoms with van der Waals surface area (Å²) in [5, 5.41) is 5.08. The molecule has 0 saturated carbocycles. The molecule has 0 amide bonds. The maximum atomic E-state index is 12.4. The van der Waals surface area contributed by atoms with E-state index in [4.69, 9.17) is 11.6 Å². The van der Waals surface area contributed by atoms with E-state index in [9.17, 15) is 4.79 Å². The van der Waals surface area contributed by atoms with E-state index in [1.54, 1.807) is 24.3 Å². The summed E-state index contributed by atoms with van der Waals surface area (Å²) in [6.07, 6.45) is 1.16. The van der Waals surface area contributed by atoms with E-state index >= 15 is 0 Å². The lowest BCUT2D eigenvalue weighted by Crippen LogP contribution is -2.10. The first-order valence-electron chi connectivity index (χ1n) is 6.59. The number of carbonyl (C=O) groups excluding carboxylic acids is 1. The number of Topliss-reactive ketones (excluding diaryl/α,β-unsaturated/α-hetero) is 1. The Bertz CT molecular complexity index is 637. The second-order valence-corrected chi connectivity index (χ2v) is 5.72. The van der Waals surface area contributed by atoms with Gasteiger partial charge in [0.25, 0.3) is 0 Å². The molecule has 0 unspecified atom stereocenters. The molecule has 20 heavy (non-hydrogen) atoms. The third kappa shape index (κ3) is 3.13. The van der Waals surface area contributed by atoms with Crippen molar-refractivity contribution in [3.8, 4) is 0 Å². The number of carbonyl (C=O) groups is 1. The van der Waals surface area contributed by atoms with E-state index < -0.39 is 0 Å². The van der Waals surface area contributed by atoms with Crippen LogP contribution in [0.3, 0.4) is 0 Å². The Morgan fingerprint density at radius 1 is 1.40 bits per heavy atom. The topological polar surface area (TPSA) is 34.9 Å². The predicted molar refractivity (Wildman–Crippen MR) is 84.5 cm³/mol. The van der Waals surface area contributed by atoms with Crippen molar-refractivity contribution in [1.82, 2.24) is 9.78 Å². The summed E-state index contributed by atoms with van der Waals surface area (Å²) < 4.78 is 2.82. The van der Waals surface area contributed by atoms with Gasteiger partial charge in [0.15, 0.2) is 5.78 Å². The second kappa shape index (κ2) is 6.55. The lowest BCUT2D eigenvalue weighted by molar-refractivity contribution is 0.0990. The molecule has 0 aliphatic heterocycles. The molecule has 0 N–H and O–H groups in total. The molecular formula is C15H16BrClN2O. The molecule has 2 rings (SSSR count). The van der Waals surface area contributed by atoms with Crippen LogP contribution in [0.25, 0.3) is 0 Å². The highest BCUT2D eigenvalue weighted by Gasteiger charge is 2.17. The van der Waals surface area contributed by atoms with Crippen LogP contribution in [0.15, 0.2) is 28.7 Å². The van der Waals surface area contributed by atoms with Gasteiger partial charge in [-0.15, -0.1) is 0 Å². The summed E-state index contributed by atoms with van der Waals surface area (Å²) in [7, 11) is 0. The predicted octanol–water partition coefficient (Wildman–Crippen LogP) is 4.31. The summed E-state index contributed by atoms with van der Waals surface area (Å²) in [5.41, 5.74) is 2.54. The number of ketones is 1. The highest BCUT2D eigenvalue weighted by molar-refractivity contribution is 9.10. The van der Waals surface area contributed by atoms with Gasteiger partial charge in [0.05, 0.1) is 22.3 Å². The third-order valence-corrected chi connectivity index (χ3v) is 4.32. The van der Waals surface area contributed by atoms with Crippen LogP contribution < -0.4 is 0 Å². The van der Waals surface area contributed by atoms with Crippen LogP contribution in [0.4, 0.5) is 0 Å². The maximum Gasteiger partial charge on any atom is 0.168 e. The number of benzene rings is 1. The quantitative estimate of drug-likeness (QED) is 0.749. The molecule has 5 heteroatoms. The molecule has 0 bridgehead atoms. The van der Waals surface area contributed by atoms with E-state index in [0.717, 1.165) is 28.8 Å². The normalized spacial score (nSPS) is 10.8. The van der Waals surface area contributed by atoms with Gasteiger partial charge in [0, 0.05) is 17.1 Å². The Hall–Kier alpha value is -1.13. The Kier molecular flexibility index (Phi) is 5.00. The third-order valence-electron chi connectivity index (χ3n) is 3.17. The van der Waals surface area contributed by atoms with E-state index in [0.29, 0.717) is 17.0 Å². The van der Waals surface area contributed by atoms with Gasteiger partial charge in [-0.05, 0) is 41.4 Å². The molecule has 106 valence electrons. The lowest BCUT2D eigenvalue weighted by atomic mass is 10.1. The van der Waals surface area contributed by atoms with Crippen LogP contribution in [0.5, 0.6) is 0 Å². The molecule has 1 heterocycles. The lowest BCUT2D eigenvalue weighted by Gasteiger charge is -2.05. The zero-order valence-electron chi connectivity index (χ0n) is 11.5. The van der Waals surface area contributed by atoms with Gasteiger partial charge in [-0.2, -0.15) is 5.10 Å². The number of nitrogens with zero attached hydrogens (tertiary/aromatic N) is 2. The minimum atomic E-state index is 0.0467. The molecule has 0 aliphatic carbocycles. The van der Waals surface area contributed by atoms with E-state index in [-0.39, 0.29) is 5.78 Å². The fraction of sp³-hybridized carbons (Fsp3) is 0.333. The van der Waals surface area contributed by atoms with Crippen molar-refractivity contribution in [3.05, 3.63) is 50.7 Å². The number of aryl methyl sites for hydroxylation is 2. The van der Waals surface area contributed by atoms with Crippen molar-refractivity contribution in [3.63, 3.8) is 0 Å². The monoisotopic (exact) mass is 354 g/mol. The number of rotatable bonds is 5. The van der Waals surface area contributed by atoms with Crippen LogP contribution >= 0.6 is 27.5 Å². The Labute approximate surface area is 132 Å². The Morgan fingerprint density at radius 2 is 2.15 bits per heavy atom. The summed E-state index contributed by atoms with van der Waals surface area (Å²) in [5.74, 6) is 0.0467. The van der Waals surface area contributed by atoms with Gasteiger partial charge in [0.2, 0.25) is 0 Å². The zero-order chi connectivity index (χ0) is 14.7. The van der Waals surface area contributed by atoms with E-state index in [1.165, 1.54) is 0 Å². The molecule has 0 saturated heterocycles. The molecule has 2 aromatic rings. The van der Waals surface area contributed by atoms with Crippen molar-refractivity contribution in [1.29, 1.82) is 0 Å². The van der Waals surface area contributed by atoms with Crippen LogP contribution in [-0.4, -0.2) is 15.6 Å². The number of halogens is 2. The first kappa shape index (κ1) is 15.3. The number of aromatic nitrogens is 2. The van der Waals surface area contributed by atoms with Crippen molar-refractivity contribution in [2.24, 2.45) is 0 Å². The summed E-state index contributed by atoms with van der Waals surface area (Å²) in [6, 6.07) is 7.04. The summed E-state index contributed by atoms with van der Waals surface area (Å²) in [4.78, 5) is 12.4. The smallest absolute Gasteiger partial charge is 0.168 e. The first-order valence-corrected chi connectivity index (χ1v) is 7.76. The van der Waals surface area contributed by atoms with Crippen LogP contribution in [0.2, 0.25) is 5.02 Å². The van der Waals surface area contributed by atoms with Gasteiger partial charge in [-0.3, -0.25) is 9.48 Å². The van der Waals surface area contributed by atoms with Crippen molar-refractivity contribution >= 4 is 33.3 Å². The standard InChI is InChI=1S/C15H16BrClN2O/c1-3-12-15(16)13(19(4-2)18-12)9-14(20)10-6-5-7-11(17)8-10/h5-8H,3-4,9H2,1-2H3. The van der Waals surface area contributed by atoms with Crippen molar-refractivity contribution in [2.45, 2.75) is 33.2 Å². The molecule has 0 radical (unpaired) electrons. The molecular weight excluding hydrogens is 340 g/mol. The zero-order valence-corrected chi connectivity index (χ0v) is 13.8. The first-order chi connectivity index (χ1) is 9.56. The fourth-order valence-corrected chi connectivity index (χ4v) is 3.00. The molecule has 0 atom stereocenters.